The van der Waals surface area contributed by atoms with Crippen LogP contribution in [0.4, 0.5) is 0 Å². The van der Waals surface area contributed by atoms with Crippen LogP contribution in [0.25, 0.3) is 0 Å². The number of carbonyl (C=O) groups is 1. The lowest BCUT2D eigenvalue weighted by Gasteiger charge is -2.34. The summed E-state index contributed by atoms with van der Waals surface area (Å²) in [6.07, 6.45) is 0.149. The van der Waals surface area contributed by atoms with E-state index in [1.807, 2.05) is 0 Å². The summed E-state index contributed by atoms with van der Waals surface area (Å²) in [4.78, 5) is 16.4. The molecule has 138 valence electrons. The Morgan fingerprint density at radius 2 is 1.88 bits per heavy atom. The van der Waals surface area contributed by atoms with Crippen LogP contribution in [0.2, 0.25) is 0 Å². The lowest BCUT2D eigenvalue weighted by Crippen LogP contribution is -2.49. The molecule has 0 spiro atoms. The van der Waals surface area contributed by atoms with E-state index in [1.54, 1.807) is 11.0 Å². The molecule has 0 aromatic heterocycles. The first-order valence-corrected chi connectivity index (χ1v) is 9.87. The van der Waals surface area contributed by atoms with Crippen molar-refractivity contribution in [1.82, 2.24) is 14.5 Å². The van der Waals surface area contributed by atoms with E-state index < -0.39 is 10.0 Å². The van der Waals surface area contributed by atoms with Gasteiger partial charge in [0, 0.05) is 45.2 Å². The van der Waals surface area contributed by atoms with Crippen molar-refractivity contribution in [3.63, 3.8) is 0 Å². The molecule has 0 aliphatic carbocycles. The van der Waals surface area contributed by atoms with E-state index >= 15 is 0 Å². The minimum Gasteiger partial charge on any atom is -0.454 e. The summed E-state index contributed by atoms with van der Waals surface area (Å²) in [7, 11) is -3.69. The van der Waals surface area contributed by atoms with Crippen LogP contribution in [0.15, 0.2) is 23.1 Å². The molecule has 2 aliphatic rings. The number of nitrogens with one attached hydrogen (secondary N) is 1. The fourth-order valence-electron chi connectivity index (χ4n) is 2.89. The number of hydrogen-bond acceptors (Lipinski definition) is 6. The molecule has 1 amide bonds. The molecule has 9 heteroatoms. The molecule has 1 saturated heterocycles. The van der Waals surface area contributed by atoms with Crippen LogP contribution in [-0.4, -0.2) is 70.2 Å². The second kappa shape index (κ2) is 7.59. The molecule has 0 atom stereocenters. The highest BCUT2D eigenvalue weighted by atomic mass is 32.2. The topological polar surface area (TPSA) is 88.2 Å². The highest BCUT2D eigenvalue weighted by Crippen LogP contribution is 2.33. The van der Waals surface area contributed by atoms with Crippen LogP contribution in [0, 0.1) is 0 Å². The van der Waals surface area contributed by atoms with Gasteiger partial charge in [0.2, 0.25) is 22.7 Å². The fourth-order valence-corrected chi connectivity index (χ4v) is 3.94. The number of likely N-dealkylation sites (N-methyl/N-ethyl adjacent to an activating group) is 1. The molecular weight excluding hydrogens is 346 g/mol. The molecule has 3 rings (SSSR count). The zero-order valence-electron chi connectivity index (χ0n) is 14.2. The molecule has 0 saturated carbocycles. The molecule has 1 N–H and O–H groups in total. The van der Waals surface area contributed by atoms with Gasteiger partial charge in [0.15, 0.2) is 11.5 Å². The van der Waals surface area contributed by atoms with Crippen molar-refractivity contribution in [2.24, 2.45) is 0 Å². The van der Waals surface area contributed by atoms with Crippen molar-refractivity contribution in [2.45, 2.75) is 18.2 Å². The molecular formula is C16H23N3O5S. The number of amides is 1. The van der Waals surface area contributed by atoms with Crippen molar-refractivity contribution in [3.8, 4) is 11.5 Å². The van der Waals surface area contributed by atoms with E-state index in [-0.39, 0.29) is 30.6 Å². The summed E-state index contributed by atoms with van der Waals surface area (Å²) in [6, 6.07) is 4.45. The highest BCUT2D eigenvalue weighted by molar-refractivity contribution is 7.89. The van der Waals surface area contributed by atoms with Crippen LogP contribution >= 0.6 is 0 Å². The molecule has 1 aromatic carbocycles. The SMILES string of the molecule is CCN1CCN(C(=O)CCNS(=O)(=O)c2ccc3c(c2)OCO3)CC1. The summed E-state index contributed by atoms with van der Waals surface area (Å²) in [5.74, 6) is 0.914. The number of hydrogen-bond donors (Lipinski definition) is 1. The smallest absolute Gasteiger partial charge is 0.240 e. The normalized spacial score (nSPS) is 17.7. The Hall–Kier alpha value is -1.84. The van der Waals surface area contributed by atoms with Crippen molar-refractivity contribution in [2.75, 3.05) is 46.1 Å². The van der Waals surface area contributed by atoms with E-state index in [0.717, 1.165) is 19.6 Å². The minimum absolute atomic E-state index is 0.0239. The van der Waals surface area contributed by atoms with E-state index in [1.165, 1.54) is 12.1 Å². The molecule has 0 bridgehead atoms. The maximum atomic E-state index is 12.3. The van der Waals surface area contributed by atoms with Gasteiger partial charge in [0.05, 0.1) is 4.90 Å². The van der Waals surface area contributed by atoms with Crippen LogP contribution in [0.3, 0.4) is 0 Å². The first-order valence-electron chi connectivity index (χ1n) is 8.39. The number of benzene rings is 1. The van der Waals surface area contributed by atoms with Gasteiger partial charge in [-0.25, -0.2) is 13.1 Å². The molecule has 1 fully saturated rings. The molecule has 0 unspecified atom stereocenters. The second-order valence-electron chi connectivity index (χ2n) is 5.98. The summed E-state index contributed by atoms with van der Waals surface area (Å²) < 4.78 is 37.5. The number of piperazine rings is 1. The third-order valence-corrected chi connectivity index (χ3v) is 5.92. The molecule has 8 nitrogen and oxygen atoms in total. The van der Waals surface area contributed by atoms with Gasteiger partial charge >= 0.3 is 0 Å². The number of rotatable bonds is 6. The average molecular weight is 369 g/mol. The minimum atomic E-state index is -3.69. The molecule has 2 heterocycles. The zero-order valence-corrected chi connectivity index (χ0v) is 15.0. The molecule has 25 heavy (non-hydrogen) atoms. The Morgan fingerprint density at radius 1 is 1.16 bits per heavy atom. The maximum absolute atomic E-state index is 12.3. The van der Waals surface area contributed by atoms with Crippen molar-refractivity contribution in [1.29, 1.82) is 0 Å². The molecule has 2 aliphatic heterocycles. The van der Waals surface area contributed by atoms with Crippen LogP contribution in [-0.2, 0) is 14.8 Å². The van der Waals surface area contributed by atoms with E-state index in [4.69, 9.17) is 9.47 Å². The molecule has 0 radical (unpaired) electrons. The highest BCUT2D eigenvalue weighted by Gasteiger charge is 2.22. The van der Waals surface area contributed by atoms with Crippen LogP contribution < -0.4 is 14.2 Å². The average Bonchev–Trinajstić information content (AvgIpc) is 3.09. The first-order chi connectivity index (χ1) is 12.0. The van der Waals surface area contributed by atoms with Crippen molar-refractivity contribution in [3.05, 3.63) is 18.2 Å². The second-order valence-corrected chi connectivity index (χ2v) is 7.74. The monoisotopic (exact) mass is 369 g/mol. The Balaban J connectivity index is 1.50. The van der Waals surface area contributed by atoms with Gasteiger partial charge in [-0.05, 0) is 18.7 Å². The summed E-state index contributed by atoms with van der Waals surface area (Å²) >= 11 is 0. The standard InChI is InChI=1S/C16H23N3O5S/c1-2-18-7-9-19(10-8-18)16(20)5-6-17-25(21,22)13-3-4-14-15(11-13)24-12-23-14/h3-4,11,17H,2,5-10,12H2,1H3. The predicted octanol–water partition coefficient (Wildman–Crippen LogP) is 0.248. The van der Waals surface area contributed by atoms with Gasteiger partial charge in [0.25, 0.3) is 0 Å². The largest absolute Gasteiger partial charge is 0.454 e. The Morgan fingerprint density at radius 3 is 2.60 bits per heavy atom. The van der Waals surface area contributed by atoms with Crippen molar-refractivity contribution < 1.29 is 22.7 Å². The lowest BCUT2D eigenvalue weighted by molar-refractivity contribution is -0.132. The number of carbonyl (C=O) groups excluding carboxylic acids is 1. The van der Waals surface area contributed by atoms with Gasteiger partial charge in [-0.15, -0.1) is 0 Å². The number of fused-ring (bicyclic) bond motifs is 1. The van der Waals surface area contributed by atoms with Gasteiger partial charge in [-0.1, -0.05) is 6.92 Å². The van der Waals surface area contributed by atoms with Crippen molar-refractivity contribution >= 4 is 15.9 Å². The zero-order chi connectivity index (χ0) is 17.9. The fraction of sp³-hybridized carbons (Fsp3) is 0.562. The predicted molar refractivity (Wildman–Crippen MR) is 91.1 cm³/mol. The first kappa shape index (κ1) is 18.0. The summed E-state index contributed by atoms with van der Waals surface area (Å²) in [5, 5.41) is 0. The Kier molecular flexibility index (Phi) is 5.45. The van der Waals surface area contributed by atoms with Gasteiger partial charge in [-0.3, -0.25) is 4.79 Å². The van der Waals surface area contributed by atoms with E-state index in [9.17, 15) is 13.2 Å². The van der Waals surface area contributed by atoms with Crippen LogP contribution in [0.5, 0.6) is 11.5 Å². The quantitative estimate of drug-likeness (QED) is 0.773. The molecule has 1 aromatic rings. The van der Waals surface area contributed by atoms with Crippen LogP contribution in [0.1, 0.15) is 13.3 Å². The Bertz CT molecular complexity index is 729. The number of nitrogens with zero attached hydrogens (tertiary/aromatic N) is 2. The Labute approximate surface area is 147 Å². The third kappa shape index (κ3) is 4.23. The third-order valence-electron chi connectivity index (χ3n) is 4.46. The van der Waals surface area contributed by atoms with Gasteiger partial charge < -0.3 is 19.3 Å². The number of sulfonamides is 1. The lowest BCUT2D eigenvalue weighted by atomic mass is 10.3. The van der Waals surface area contributed by atoms with E-state index in [0.29, 0.717) is 24.6 Å². The van der Waals surface area contributed by atoms with E-state index in [2.05, 4.69) is 16.5 Å². The van der Waals surface area contributed by atoms with Gasteiger partial charge in [0.1, 0.15) is 0 Å². The summed E-state index contributed by atoms with van der Waals surface area (Å²) in [5.41, 5.74) is 0. The maximum Gasteiger partial charge on any atom is 0.240 e. The number of ether oxygens (including phenoxy) is 2. The van der Waals surface area contributed by atoms with Gasteiger partial charge in [-0.2, -0.15) is 0 Å². The summed E-state index contributed by atoms with van der Waals surface area (Å²) in [6.45, 7) is 6.37.